The molecule has 1 heterocycles. The molecule has 0 radical (unpaired) electrons. The lowest BCUT2D eigenvalue weighted by molar-refractivity contribution is -0.147. The lowest BCUT2D eigenvalue weighted by Gasteiger charge is -2.33. The molecule has 1 aromatic carbocycles. The van der Waals surface area contributed by atoms with E-state index in [1.807, 2.05) is 0 Å². The van der Waals surface area contributed by atoms with Gasteiger partial charge in [-0.3, -0.25) is 4.79 Å². The maximum absolute atomic E-state index is 13.8. The van der Waals surface area contributed by atoms with E-state index in [2.05, 4.69) is 15.9 Å². The molecule has 0 unspecified atom stereocenters. The van der Waals surface area contributed by atoms with Crippen LogP contribution in [0.4, 0.5) is 4.39 Å². The number of piperidine rings is 1. The Kier molecular flexibility index (Phi) is 4.75. The summed E-state index contributed by atoms with van der Waals surface area (Å²) in [5.74, 6) is -1.51. The van der Waals surface area contributed by atoms with Crippen LogP contribution in [0.1, 0.15) is 29.6 Å². The fourth-order valence-corrected chi connectivity index (χ4v) is 2.73. The van der Waals surface area contributed by atoms with E-state index >= 15 is 0 Å². The van der Waals surface area contributed by atoms with Crippen molar-refractivity contribution in [2.45, 2.75) is 25.3 Å². The van der Waals surface area contributed by atoms with E-state index in [1.165, 1.54) is 30.2 Å². The predicted octanol–water partition coefficient (Wildman–Crippen LogP) is 2.76. The standard InChI is InChI=1S/C14H15BrFNO3/c1-20-14(19)12-4-2-3-7-17(12)13(18)10-8-9(15)5-6-11(10)16/h5-6,8,12H,2-4,7H2,1H3/t12-/m0/s1. The van der Waals surface area contributed by atoms with Crippen molar-refractivity contribution < 1.29 is 18.7 Å². The van der Waals surface area contributed by atoms with Crippen molar-refractivity contribution in [3.05, 3.63) is 34.1 Å². The molecule has 1 aliphatic rings. The highest BCUT2D eigenvalue weighted by Crippen LogP contribution is 2.23. The number of hydrogen-bond acceptors (Lipinski definition) is 3. The van der Waals surface area contributed by atoms with Gasteiger partial charge in [-0.25, -0.2) is 9.18 Å². The number of halogens is 2. The van der Waals surface area contributed by atoms with Crippen molar-refractivity contribution in [1.82, 2.24) is 4.90 Å². The minimum Gasteiger partial charge on any atom is -0.467 e. The van der Waals surface area contributed by atoms with E-state index in [0.29, 0.717) is 17.4 Å². The first-order valence-electron chi connectivity index (χ1n) is 6.38. The van der Waals surface area contributed by atoms with Crippen LogP contribution in [0.25, 0.3) is 0 Å². The minimum absolute atomic E-state index is 0.0322. The van der Waals surface area contributed by atoms with Crippen molar-refractivity contribution in [2.75, 3.05) is 13.7 Å². The summed E-state index contributed by atoms with van der Waals surface area (Å²) in [6.45, 7) is 0.435. The molecule has 0 spiro atoms. The highest BCUT2D eigenvalue weighted by atomic mass is 79.9. The van der Waals surface area contributed by atoms with Gasteiger partial charge >= 0.3 is 5.97 Å². The largest absolute Gasteiger partial charge is 0.467 e. The smallest absolute Gasteiger partial charge is 0.328 e. The number of benzene rings is 1. The molecule has 0 aliphatic carbocycles. The second-order valence-corrected chi connectivity index (χ2v) is 5.57. The summed E-state index contributed by atoms with van der Waals surface area (Å²) in [5, 5.41) is 0. The van der Waals surface area contributed by atoms with E-state index in [-0.39, 0.29) is 5.56 Å². The van der Waals surface area contributed by atoms with Crippen LogP contribution < -0.4 is 0 Å². The molecule has 0 bridgehead atoms. The van der Waals surface area contributed by atoms with Crippen molar-refractivity contribution in [2.24, 2.45) is 0 Å². The highest BCUT2D eigenvalue weighted by molar-refractivity contribution is 9.10. The van der Waals surface area contributed by atoms with Gasteiger partial charge in [-0.1, -0.05) is 15.9 Å². The first-order chi connectivity index (χ1) is 9.54. The summed E-state index contributed by atoms with van der Waals surface area (Å²) in [5.41, 5.74) is -0.0322. The Balaban J connectivity index is 2.30. The number of methoxy groups -OCH3 is 1. The number of ether oxygens (including phenoxy) is 1. The number of rotatable bonds is 2. The summed E-state index contributed by atoms with van der Waals surface area (Å²) in [6, 6.07) is 3.56. The molecule has 1 amide bonds. The predicted molar refractivity (Wildman–Crippen MR) is 74.8 cm³/mol. The number of amides is 1. The lowest BCUT2D eigenvalue weighted by atomic mass is 10.0. The van der Waals surface area contributed by atoms with Gasteiger partial charge in [0, 0.05) is 11.0 Å². The van der Waals surface area contributed by atoms with Crippen LogP contribution in [-0.4, -0.2) is 36.5 Å². The number of esters is 1. The first-order valence-corrected chi connectivity index (χ1v) is 7.17. The molecular formula is C14H15BrFNO3. The van der Waals surface area contributed by atoms with Crippen LogP contribution >= 0.6 is 15.9 Å². The van der Waals surface area contributed by atoms with E-state index in [0.717, 1.165) is 12.8 Å². The SMILES string of the molecule is COC(=O)[C@@H]1CCCCN1C(=O)c1cc(Br)ccc1F. The molecule has 108 valence electrons. The van der Waals surface area contributed by atoms with Gasteiger partial charge in [-0.15, -0.1) is 0 Å². The molecular weight excluding hydrogens is 329 g/mol. The topological polar surface area (TPSA) is 46.6 Å². The Bertz CT molecular complexity index is 535. The Labute approximate surface area is 125 Å². The average Bonchev–Trinajstić information content (AvgIpc) is 2.48. The van der Waals surface area contributed by atoms with E-state index in [4.69, 9.17) is 4.74 Å². The zero-order valence-electron chi connectivity index (χ0n) is 11.1. The van der Waals surface area contributed by atoms with Crippen LogP contribution in [-0.2, 0) is 9.53 Å². The van der Waals surface area contributed by atoms with Crippen LogP contribution in [0, 0.1) is 5.82 Å². The summed E-state index contributed by atoms with van der Waals surface area (Å²) >= 11 is 3.22. The fraction of sp³-hybridized carbons (Fsp3) is 0.429. The third kappa shape index (κ3) is 3.00. The third-order valence-corrected chi connectivity index (χ3v) is 3.89. The van der Waals surface area contributed by atoms with E-state index in [9.17, 15) is 14.0 Å². The molecule has 0 aromatic heterocycles. The Morgan fingerprint density at radius 2 is 2.15 bits per heavy atom. The molecule has 6 heteroatoms. The first kappa shape index (κ1) is 15.0. The highest BCUT2D eigenvalue weighted by Gasteiger charge is 2.34. The van der Waals surface area contributed by atoms with Gasteiger partial charge < -0.3 is 9.64 Å². The molecule has 0 N–H and O–H groups in total. The van der Waals surface area contributed by atoms with Crippen molar-refractivity contribution in [3.8, 4) is 0 Å². The zero-order chi connectivity index (χ0) is 14.7. The average molecular weight is 344 g/mol. The molecule has 4 nitrogen and oxygen atoms in total. The summed E-state index contributed by atoms with van der Waals surface area (Å²) in [7, 11) is 1.29. The van der Waals surface area contributed by atoms with Crippen molar-refractivity contribution in [1.29, 1.82) is 0 Å². The molecule has 2 rings (SSSR count). The van der Waals surface area contributed by atoms with Gasteiger partial charge in [0.15, 0.2) is 0 Å². The minimum atomic E-state index is -0.625. The van der Waals surface area contributed by atoms with Gasteiger partial charge in [0.1, 0.15) is 11.9 Å². The molecule has 1 aliphatic heterocycles. The van der Waals surface area contributed by atoms with Crippen LogP contribution in [0.3, 0.4) is 0 Å². The molecule has 1 atom stereocenters. The Morgan fingerprint density at radius 3 is 2.85 bits per heavy atom. The number of nitrogens with zero attached hydrogens (tertiary/aromatic N) is 1. The summed E-state index contributed by atoms with van der Waals surface area (Å²) in [6.07, 6.45) is 2.20. The zero-order valence-corrected chi connectivity index (χ0v) is 12.7. The van der Waals surface area contributed by atoms with E-state index in [1.54, 1.807) is 0 Å². The Morgan fingerprint density at radius 1 is 1.40 bits per heavy atom. The lowest BCUT2D eigenvalue weighted by Crippen LogP contribution is -2.48. The second kappa shape index (κ2) is 6.35. The van der Waals surface area contributed by atoms with Crippen LogP contribution in [0.5, 0.6) is 0 Å². The van der Waals surface area contributed by atoms with Gasteiger partial charge in [0.05, 0.1) is 12.7 Å². The van der Waals surface area contributed by atoms with Crippen molar-refractivity contribution >= 4 is 27.8 Å². The maximum atomic E-state index is 13.8. The quantitative estimate of drug-likeness (QED) is 0.775. The molecule has 0 saturated carbocycles. The number of hydrogen-bond donors (Lipinski definition) is 0. The van der Waals surface area contributed by atoms with Gasteiger partial charge in [0.2, 0.25) is 0 Å². The fourth-order valence-electron chi connectivity index (χ4n) is 2.37. The number of carbonyl (C=O) groups is 2. The number of carbonyl (C=O) groups excluding carboxylic acids is 2. The monoisotopic (exact) mass is 343 g/mol. The van der Waals surface area contributed by atoms with Crippen LogP contribution in [0.2, 0.25) is 0 Å². The number of likely N-dealkylation sites (tertiary alicyclic amines) is 1. The Hall–Kier alpha value is -1.43. The molecule has 1 fully saturated rings. The van der Waals surface area contributed by atoms with Crippen molar-refractivity contribution in [3.63, 3.8) is 0 Å². The van der Waals surface area contributed by atoms with Gasteiger partial charge in [-0.2, -0.15) is 0 Å². The van der Waals surface area contributed by atoms with Crippen LogP contribution in [0.15, 0.2) is 22.7 Å². The maximum Gasteiger partial charge on any atom is 0.328 e. The van der Waals surface area contributed by atoms with Gasteiger partial charge in [-0.05, 0) is 37.5 Å². The summed E-state index contributed by atoms with van der Waals surface area (Å²) < 4.78 is 19.1. The molecule has 20 heavy (non-hydrogen) atoms. The molecule has 1 aromatic rings. The van der Waals surface area contributed by atoms with Gasteiger partial charge in [0.25, 0.3) is 5.91 Å². The normalized spacial score (nSPS) is 18.8. The molecule has 1 saturated heterocycles. The summed E-state index contributed by atoms with van der Waals surface area (Å²) in [4.78, 5) is 25.6. The second-order valence-electron chi connectivity index (χ2n) is 4.66. The third-order valence-electron chi connectivity index (χ3n) is 3.40. The van der Waals surface area contributed by atoms with E-state index < -0.39 is 23.7 Å².